The van der Waals surface area contributed by atoms with E-state index >= 15 is 0 Å². The van der Waals surface area contributed by atoms with E-state index in [1.165, 1.54) is 24.1 Å². The number of nitrogens with zero attached hydrogens (tertiary/aromatic N) is 1. The summed E-state index contributed by atoms with van der Waals surface area (Å²) in [7, 11) is 2.14. The summed E-state index contributed by atoms with van der Waals surface area (Å²) in [6, 6.07) is 6.33. The quantitative estimate of drug-likeness (QED) is 0.814. The molecule has 0 saturated heterocycles. The first-order valence-corrected chi connectivity index (χ1v) is 7.21. The van der Waals surface area contributed by atoms with Gasteiger partial charge in [0.15, 0.2) is 0 Å². The Kier molecular flexibility index (Phi) is 6.51. The number of hydrogen-bond acceptors (Lipinski definition) is 2. The van der Waals surface area contributed by atoms with Crippen LogP contribution >= 0.6 is 11.6 Å². The van der Waals surface area contributed by atoms with Crippen molar-refractivity contribution in [3.8, 4) is 0 Å². The van der Waals surface area contributed by atoms with E-state index in [0.717, 1.165) is 24.4 Å². The van der Waals surface area contributed by atoms with Crippen molar-refractivity contribution in [1.29, 1.82) is 0 Å². The summed E-state index contributed by atoms with van der Waals surface area (Å²) in [6.07, 6.45) is 4.30. The zero-order valence-electron chi connectivity index (χ0n) is 11.7. The molecule has 1 unspecified atom stereocenters. The first-order chi connectivity index (χ1) is 8.58. The second-order valence-electron chi connectivity index (χ2n) is 4.92. The maximum absolute atomic E-state index is 6.09. The molecule has 1 atom stereocenters. The molecule has 102 valence electrons. The van der Waals surface area contributed by atoms with Gasteiger partial charge in [0.25, 0.3) is 0 Å². The fourth-order valence-electron chi connectivity index (χ4n) is 2.03. The van der Waals surface area contributed by atoms with Crippen molar-refractivity contribution in [3.05, 3.63) is 28.8 Å². The van der Waals surface area contributed by atoms with Crippen molar-refractivity contribution in [1.82, 2.24) is 0 Å². The lowest BCUT2D eigenvalue weighted by Crippen LogP contribution is -2.25. The first kappa shape index (κ1) is 15.3. The van der Waals surface area contributed by atoms with Crippen molar-refractivity contribution < 1.29 is 0 Å². The van der Waals surface area contributed by atoms with Gasteiger partial charge in [0.05, 0.1) is 0 Å². The van der Waals surface area contributed by atoms with E-state index < -0.39 is 0 Å². The van der Waals surface area contributed by atoms with Gasteiger partial charge in [-0.1, -0.05) is 31.9 Å². The molecule has 2 nitrogen and oxygen atoms in total. The summed E-state index contributed by atoms with van der Waals surface area (Å²) in [5.74, 6) is 0. The average Bonchev–Trinajstić information content (AvgIpc) is 2.36. The van der Waals surface area contributed by atoms with Crippen LogP contribution in [0.3, 0.4) is 0 Å². The Hall–Kier alpha value is -0.730. The van der Waals surface area contributed by atoms with Crippen molar-refractivity contribution in [2.45, 2.75) is 45.6 Å². The monoisotopic (exact) mass is 268 g/mol. The number of benzene rings is 1. The Morgan fingerprint density at radius 1 is 1.33 bits per heavy atom. The number of nitrogens with two attached hydrogens (primary N) is 1. The van der Waals surface area contributed by atoms with Gasteiger partial charge in [0.1, 0.15) is 0 Å². The van der Waals surface area contributed by atoms with Gasteiger partial charge in [-0.25, -0.2) is 0 Å². The Bertz CT molecular complexity index is 366. The summed E-state index contributed by atoms with van der Waals surface area (Å²) in [6.45, 7) is 5.41. The van der Waals surface area contributed by atoms with Gasteiger partial charge in [0, 0.05) is 30.3 Å². The lowest BCUT2D eigenvalue weighted by molar-refractivity contribution is 0.644. The molecule has 0 saturated carbocycles. The van der Waals surface area contributed by atoms with Crippen LogP contribution in [0.2, 0.25) is 5.02 Å². The second-order valence-corrected chi connectivity index (χ2v) is 5.36. The van der Waals surface area contributed by atoms with E-state index in [1.807, 2.05) is 6.07 Å². The average molecular weight is 269 g/mol. The molecule has 18 heavy (non-hydrogen) atoms. The lowest BCUT2D eigenvalue weighted by atomic mass is 10.0. The van der Waals surface area contributed by atoms with Crippen molar-refractivity contribution in [2.24, 2.45) is 5.73 Å². The summed E-state index contributed by atoms with van der Waals surface area (Å²) in [5.41, 5.74) is 8.58. The second kappa shape index (κ2) is 7.65. The van der Waals surface area contributed by atoms with Gasteiger partial charge >= 0.3 is 0 Å². The van der Waals surface area contributed by atoms with Gasteiger partial charge < -0.3 is 10.6 Å². The highest BCUT2D eigenvalue weighted by Gasteiger charge is 2.10. The fraction of sp³-hybridized carbons (Fsp3) is 0.600. The first-order valence-electron chi connectivity index (χ1n) is 6.83. The minimum absolute atomic E-state index is 0.210. The van der Waals surface area contributed by atoms with E-state index in [0.29, 0.717) is 0 Å². The summed E-state index contributed by atoms with van der Waals surface area (Å²) >= 11 is 6.09. The molecule has 0 radical (unpaired) electrons. The molecule has 0 aliphatic heterocycles. The molecule has 1 aromatic carbocycles. The maximum Gasteiger partial charge on any atom is 0.0410 e. The standard InChI is InChI=1S/C15H25ClN2/c1-4-6-9-18(3)15-8-7-13(16)10-12(15)11-14(17)5-2/h7-8,10,14H,4-6,9,11,17H2,1-3H3. The molecular weight excluding hydrogens is 244 g/mol. The highest BCUT2D eigenvalue weighted by Crippen LogP contribution is 2.25. The third kappa shape index (κ3) is 4.51. The molecule has 1 aromatic rings. The highest BCUT2D eigenvalue weighted by molar-refractivity contribution is 6.30. The normalized spacial score (nSPS) is 12.5. The number of unbranched alkanes of at least 4 members (excludes halogenated alkanes) is 1. The summed E-state index contributed by atoms with van der Waals surface area (Å²) in [4.78, 5) is 2.30. The number of anilines is 1. The van der Waals surface area contributed by atoms with Crippen LogP contribution in [0, 0.1) is 0 Å². The molecule has 0 fully saturated rings. The predicted molar refractivity (Wildman–Crippen MR) is 81.6 cm³/mol. The highest BCUT2D eigenvalue weighted by atomic mass is 35.5. The van der Waals surface area contributed by atoms with Crippen molar-refractivity contribution in [2.75, 3.05) is 18.5 Å². The molecule has 0 aromatic heterocycles. The van der Waals surface area contributed by atoms with Crippen LogP contribution in [-0.2, 0) is 6.42 Å². The van der Waals surface area contributed by atoms with Crippen molar-refractivity contribution in [3.63, 3.8) is 0 Å². The lowest BCUT2D eigenvalue weighted by Gasteiger charge is -2.23. The van der Waals surface area contributed by atoms with Gasteiger partial charge in [-0.2, -0.15) is 0 Å². The Balaban J connectivity index is 2.88. The Morgan fingerprint density at radius 2 is 2.06 bits per heavy atom. The van der Waals surface area contributed by atoms with E-state index in [-0.39, 0.29) is 6.04 Å². The molecule has 0 heterocycles. The van der Waals surface area contributed by atoms with Crippen LogP contribution in [0.1, 0.15) is 38.7 Å². The zero-order chi connectivity index (χ0) is 13.5. The van der Waals surface area contributed by atoms with E-state index in [1.54, 1.807) is 0 Å². The van der Waals surface area contributed by atoms with Crippen LogP contribution in [0.5, 0.6) is 0 Å². The largest absolute Gasteiger partial charge is 0.374 e. The predicted octanol–water partition coefficient (Wildman–Crippen LogP) is 3.86. The van der Waals surface area contributed by atoms with Crippen LogP contribution in [0.15, 0.2) is 18.2 Å². The summed E-state index contributed by atoms with van der Waals surface area (Å²) < 4.78 is 0. The smallest absolute Gasteiger partial charge is 0.0410 e. The SMILES string of the molecule is CCCCN(C)c1ccc(Cl)cc1CC(N)CC. The van der Waals surface area contributed by atoms with E-state index in [2.05, 4.69) is 37.9 Å². The molecule has 0 spiro atoms. The molecule has 0 aliphatic rings. The zero-order valence-corrected chi connectivity index (χ0v) is 12.5. The molecule has 0 amide bonds. The molecule has 0 bridgehead atoms. The third-order valence-electron chi connectivity index (χ3n) is 3.31. The van der Waals surface area contributed by atoms with Gasteiger partial charge in [-0.15, -0.1) is 0 Å². The molecule has 1 rings (SSSR count). The minimum Gasteiger partial charge on any atom is -0.374 e. The van der Waals surface area contributed by atoms with Crippen LogP contribution in [-0.4, -0.2) is 19.6 Å². The number of hydrogen-bond donors (Lipinski definition) is 1. The molecule has 2 N–H and O–H groups in total. The van der Waals surface area contributed by atoms with Crippen LogP contribution < -0.4 is 10.6 Å². The number of rotatable bonds is 7. The van der Waals surface area contributed by atoms with Crippen LogP contribution in [0.25, 0.3) is 0 Å². The third-order valence-corrected chi connectivity index (χ3v) is 3.54. The van der Waals surface area contributed by atoms with Gasteiger partial charge in [-0.3, -0.25) is 0 Å². The maximum atomic E-state index is 6.09. The fourth-order valence-corrected chi connectivity index (χ4v) is 2.23. The molecule has 3 heteroatoms. The minimum atomic E-state index is 0.210. The molecule has 0 aliphatic carbocycles. The topological polar surface area (TPSA) is 29.3 Å². The van der Waals surface area contributed by atoms with Gasteiger partial charge in [-0.05, 0) is 43.0 Å². The molecular formula is C15H25ClN2. The van der Waals surface area contributed by atoms with E-state index in [9.17, 15) is 0 Å². The van der Waals surface area contributed by atoms with E-state index in [4.69, 9.17) is 17.3 Å². The van der Waals surface area contributed by atoms with Gasteiger partial charge in [0.2, 0.25) is 0 Å². The Labute approximate surface area is 116 Å². The van der Waals surface area contributed by atoms with Crippen LogP contribution in [0.4, 0.5) is 5.69 Å². The summed E-state index contributed by atoms with van der Waals surface area (Å²) in [5, 5.41) is 0.793. The van der Waals surface area contributed by atoms with Crippen molar-refractivity contribution >= 4 is 17.3 Å². The number of halogens is 1. The Morgan fingerprint density at radius 3 is 2.67 bits per heavy atom.